The zero-order chi connectivity index (χ0) is 26.4. The van der Waals surface area contributed by atoms with Crippen LogP contribution in [-0.4, -0.2) is 47.4 Å². The fraction of sp³-hybridized carbons (Fsp3) is 0.323. The van der Waals surface area contributed by atoms with E-state index in [-0.39, 0.29) is 31.5 Å². The Morgan fingerprint density at radius 2 is 1.34 bits per heavy atom. The molecule has 0 spiro atoms. The molecule has 6 rings (SSSR count). The third kappa shape index (κ3) is 4.31. The van der Waals surface area contributed by atoms with Gasteiger partial charge in [0.05, 0.1) is 12.5 Å². The fourth-order valence-corrected chi connectivity index (χ4v) is 9.93. The lowest BCUT2D eigenvalue weighted by atomic mass is 9.82. The van der Waals surface area contributed by atoms with E-state index in [0.29, 0.717) is 0 Å². The molecule has 0 radical (unpaired) electrons. The Kier molecular flexibility index (Phi) is 6.30. The van der Waals surface area contributed by atoms with Crippen molar-refractivity contribution in [1.82, 2.24) is 0 Å². The van der Waals surface area contributed by atoms with Gasteiger partial charge in [-0.2, -0.15) is 0 Å². The van der Waals surface area contributed by atoms with Crippen LogP contribution in [0.4, 0.5) is 0 Å². The molecule has 0 N–H and O–H groups in total. The quantitative estimate of drug-likeness (QED) is 0.358. The lowest BCUT2D eigenvalue weighted by molar-refractivity contribution is -0.180. The van der Waals surface area contributed by atoms with Crippen LogP contribution in [0, 0.1) is 0 Å². The molecule has 196 valence electrons. The third-order valence-corrected chi connectivity index (χ3v) is 11.7. The molecule has 7 heteroatoms. The van der Waals surface area contributed by atoms with Gasteiger partial charge in [-0.25, -0.2) is 4.79 Å². The maximum atomic E-state index is 13.5. The summed E-state index contributed by atoms with van der Waals surface area (Å²) in [5.41, 5.74) is -1.34. The molecular formula is C31H31O6P. The highest BCUT2D eigenvalue weighted by Crippen LogP contribution is 2.48. The lowest BCUT2D eigenvalue weighted by Gasteiger charge is -2.33. The van der Waals surface area contributed by atoms with Crippen molar-refractivity contribution in [2.75, 3.05) is 0 Å². The van der Waals surface area contributed by atoms with E-state index in [1.54, 1.807) is 0 Å². The van der Waals surface area contributed by atoms with Gasteiger partial charge in [-0.15, -0.1) is 0 Å². The minimum absolute atomic E-state index is 0.0447. The molecule has 4 atom stereocenters. The van der Waals surface area contributed by atoms with Crippen LogP contribution in [0.3, 0.4) is 0 Å². The topological polar surface area (TPSA) is 71.1 Å². The third-order valence-electron chi connectivity index (χ3n) is 7.61. The minimum atomic E-state index is -2.32. The van der Waals surface area contributed by atoms with Crippen molar-refractivity contribution in [3.05, 3.63) is 91.0 Å². The van der Waals surface area contributed by atoms with E-state index in [1.807, 2.05) is 68.4 Å². The molecule has 1 aliphatic carbocycles. The Morgan fingerprint density at radius 3 is 1.87 bits per heavy atom. The summed E-state index contributed by atoms with van der Waals surface area (Å²) in [6.07, 6.45) is -0.626. The Balaban J connectivity index is 1.36. The van der Waals surface area contributed by atoms with E-state index in [0.717, 1.165) is 15.9 Å². The van der Waals surface area contributed by atoms with Crippen molar-refractivity contribution in [3.63, 3.8) is 0 Å². The molecule has 3 aromatic carbocycles. The summed E-state index contributed by atoms with van der Waals surface area (Å²) in [5.74, 6) is 0.376. The van der Waals surface area contributed by atoms with Crippen LogP contribution in [-0.2, 0) is 28.5 Å². The smallest absolute Gasteiger partial charge is 0.351 e. The molecule has 0 aromatic heterocycles. The van der Waals surface area contributed by atoms with E-state index < -0.39 is 36.3 Å². The van der Waals surface area contributed by atoms with Gasteiger partial charge >= 0.3 is 11.9 Å². The Bertz CT molecular complexity index is 1280. The van der Waals surface area contributed by atoms with Gasteiger partial charge in [0.2, 0.25) is 5.60 Å². The number of hydrogen-bond acceptors (Lipinski definition) is 6. The number of rotatable bonds is 6. The zero-order valence-electron chi connectivity index (χ0n) is 21.5. The van der Waals surface area contributed by atoms with Crippen LogP contribution in [0.5, 0.6) is 0 Å². The van der Waals surface area contributed by atoms with Crippen molar-refractivity contribution in [1.29, 1.82) is 0 Å². The Labute approximate surface area is 222 Å². The molecule has 2 saturated heterocycles. The van der Waals surface area contributed by atoms with Crippen LogP contribution >= 0.6 is 6.89 Å². The predicted molar refractivity (Wildman–Crippen MR) is 148 cm³/mol. The molecule has 0 unspecified atom stereocenters. The summed E-state index contributed by atoms with van der Waals surface area (Å²) in [4.78, 5) is 26.4. The van der Waals surface area contributed by atoms with Gasteiger partial charge < -0.3 is 18.9 Å². The first kappa shape index (κ1) is 25.1. The van der Waals surface area contributed by atoms with Gasteiger partial charge in [0.1, 0.15) is 12.2 Å². The van der Waals surface area contributed by atoms with Gasteiger partial charge in [0, 0.05) is 12.8 Å². The van der Waals surface area contributed by atoms with E-state index >= 15 is 0 Å². The summed E-state index contributed by atoms with van der Waals surface area (Å²) in [5, 5.41) is 3.42. The molecule has 6 nitrogen and oxygen atoms in total. The molecule has 2 bridgehead atoms. The second kappa shape index (κ2) is 9.53. The van der Waals surface area contributed by atoms with Crippen LogP contribution in [0.15, 0.2) is 91.0 Å². The highest BCUT2D eigenvalue weighted by Gasteiger charge is 2.65. The van der Waals surface area contributed by atoms with E-state index in [4.69, 9.17) is 18.9 Å². The van der Waals surface area contributed by atoms with Crippen LogP contribution < -0.4 is 15.9 Å². The fourth-order valence-electron chi connectivity index (χ4n) is 6.05. The molecule has 38 heavy (non-hydrogen) atoms. The Hall–Kier alpha value is -3.18. The van der Waals surface area contributed by atoms with Gasteiger partial charge in [-0.1, -0.05) is 96.8 Å². The first-order chi connectivity index (χ1) is 18.3. The van der Waals surface area contributed by atoms with Crippen LogP contribution in [0.1, 0.15) is 33.1 Å². The van der Waals surface area contributed by atoms with E-state index in [2.05, 4.69) is 42.2 Å². The minimum Gasteiger partial charge on any atom is -0.456 e. The average molecular weight is 531 g/mol. The summed E-state index contributed by atoms with van der Waals surface area (Å²) >= 11 is 0. The van der Waals surface area contributed by atoms with Crippen LogP contribution in [0.2, 0.25) is 0 Å². The number of fused-ring (bicyclic) bond motifs is 4. The maximum Gasteiger partial charge on any atom is 0.351 e. The SMILES string of the molecule is CC1(C)O[C@H]2[C@H]3C[C@@](OC(=O)CC=P(c4ccccc4)(c4ccccc4)c4ccccc4)(C[C@H]2O1)C(=O)O3. The Morgan fingerprint density at radius 1 is 0.842 bits per heavy atom. The van der Waals surface area contributed by atoms with Gasteiger partial charge in [0.15, 0.2) is 5.79 Å². The van der Waals surface area contributed by atoms with Crippen molar-refractivity contribution >= 4 is 40.5 Å². The van der Waals surface area contributed by atoms with Crippen molar-refractivity contribution in [2.45, 2.75) is 62.8 Å². The molecule has 3 aromatic rings. The molecule has 2 heterocycles. The van der Waals surface area contributed by atoms with E-state index in [1.165, 1.54) is 0 Å². The molecular weight excluding hydrogens is 499 g/mol. The van der Waals surface area contributed by atoms with Crippen molar-refractivity contribution < 1.29 is 28.5 Å². The molecule has 0 amide bonds. The number of benzene rings is 3. The highest BCUT2D eigenvalue weighted by molar-refractivity contribution is 7.94. The number of esters is 2. The first-order valence-corrected chi connectivity index (χ1v) is 14.9. The zero-order valence-corrected chi connectivity index (χ0v) is 22.4. The van der Waals surface area contributed by atoms with Gasteiger partial charge in [-0.3, -0.25) is 4.79 Å². The standard InChI is InChI=1S/C31H31O6P/c1-30(2)35-26-21-31(20-25(28(26)37-30)34-29(31)33)36-27(32)18-19-38(22-12-6-3-7-13-22,23-14-8-4-9-15-23)24-16-10-5-11-17-24/h3-17,19,25-26,28H,18,20-21H2,1-2H3/t25-,26-,28+,31-/m1/s1. The van der Waals surface area contributed by atoms with Gasteiger partial charge in [-0.05, 0) is 36.6 Å². The predicted octanol–water partition coefficient (Wildman–Crippen LogP) is 3.69. The van der Waals surface area contributed by atoms with Crippen molar-refractivity contribution in [2.24, 2.45) is 0 Å². The highest BCUT2D eigenvalue weighted by atomic mass is 31.2. The van der Waals surface area contributed by atoms with Crippen molar-refractivity contribution in [3.8, 4) is 0 Å². The first-order valence-electron chi connectivity index (χ1n) is 13.0. The second-order valence-electron chi connectivity index (χ2n) is 10.6. The summed E-state index contributed by atoms with van der Waals surface area (Å²) in [7, 11) is 0. The normalized spacial score (nSPS) is 27.3. The monoisotopic (exact) mass is 530 g/mol. The van der Waals surface area contributed by atoms with Crippen LogP contribution in [0.25, 0.3) is 0 Å². The molecule has 3 fully saturated rings. The average Bonchev–Trinajstić information content (AvgIpc) is 3.38. The molecule has 3 aliphatic rings. The number of carbonyl (C=O) groups excluding carboxylic acids is 2. The van der Waals surface area contributed by atoms with E-state index in [9.17, 15) is 9.59 Å². The number of carbonyl (C=O) groups is 2. The maximum absolute atomic E-state index is 13.5. The molecule has 2 aliphatic heterocycles. The largest absolute Gasteiger partial charge is 0.456 e. The number of hydrogen-bond donors (Lipinski definition) is 0. The molecule has 1 saturated carbocycles. The second-order valence-corrected chi connectivity index (χ2v) is 13.9. The summed E-state index contributed by atoms with van der Waals surface area (Å²) in [6.45, 7) is 1.37. The summed E-state index contributed by atoms with van der Waals surface area (Å²) < 4.78 is 23.6. The summed E-state index contributed by atoms with van der Waals surface area (Å²) in [6, 6.07) is 30.9. The number of ether oxygens (including phenoxy) is 4. The lowest BCUT2D eigenvalue weighted by Crippen LogP contribution is -2.49. The van der Waals surface area contributed by atoms with Gasteiger partial charge in [0.25, 0.3) is 0 Å².